The predicted octanol–water partition coefficient (Wildman–Crippen LogP) is -0.637. The van der Waals surface area contributed by atoms with Crippen LogP contribution in [0.25, 0.3) is 11.1 Å². The molecule has 1 atom stereocenters. The van der Waals surface area contributed by atoms with Gasteiger partial charge in [0.05, 0.1) is 0 Å². The first-order valence-corrected chi connectivity index (χ1v) is 9.61. The molecular formula is C22H22Cl2Zr-2. The van der Waals surface area contributed by atoms with Gasteiger partial charge in [0.15, 0.2) is 0 Å². The van der Waals surface area contributed by atoms with E-state index < -0.39 is 0 Å². The molecule has 0 saturated heterocycles. The third-order valence-corrected chi connectivity index (χ3v) is 4.15. The van der Waals surface area contributed by atoms with Crippen molar-refractivity contribution in [1.29, 1.82) is 0 Å². The monoisotopic (exact) mass is 446 g/mol. The molecule has 0 fully saturated rings. The molecule has 0 saturated carbocycles. The van der Waals surface area contributed by atoms with Gasteiger partial charge in [-0.25, -0.2) is 11.1 Å². The number of rotatable bonds is 0. The first-order valence-electron chi connectivity index (χ1n) is 7.87. The first-order chi connectivity index (χ1) is 11.1. The minimum atomic E-state index is 0. The molecule has 25 heavy (non-hydrogen) atoms. The van der Waals surface area contributed by atoms with Crippen molar-refractivity contribution >= 4 is 4.21 Å². The van der Waals surface area contributed by atoms with Crippen molar-refractivity contribution in [2.45, 2.75) is 27.2 Å². The van der Waals surface area contributed by atoms with E-state index in [1.165, 1.54) is 57.6 Å². The van der Waals surface area contributed by atoms with Gasteiger partial charge in [0.1, 0.15) is 0 Å². The summed E-state index contributed by atoms with van der Waals surface area (Å²) in [7, 11) is 0. The Morgan fingerprint density at radius 3 is 2.20 bits per heavy atom. The van der Waals surface area contributed by atoms with Gasteiger partial charge in [-0.05, 0) is 6.42 Å². The van der Waals surface area contributed by atoms with E-state index in [2.05, 4.69) is 79.6 Å². The second kappa shape index (κ2) is 11.8. The fourth-order valence-electron chi connectivity index (χ4n) is 2.99. The van der Waals surface area contributed by atoms with Crippen LogP contribution in [0.15, 0.2) is 59.7 Å². The normalized spacial score (nSPS) is 15.5. The van der Waals surface area contributed by atoms with E-state index in [4.69, 9.17) is 0 Å². The molecule has 0 spiro atoms. The van der Waals surface area contributed by atoms with E-state index in [-0.39, 0.29) is 24.8 Å². The first kappa shape index (κ1) is 24.3. The minimum Gasteiger partial charge on any atom is -1.00 e. The van der Waals surface area contributed by atoms with Crippen LogP contribution in [0.3, 0.4) is 0 Å². The van der Waals surface area contributed by atoms with Crippen LogP contribution >= 0.6 is 0 Å². The zero-order valence-electron chi connectivity index (χ0n) is 14.9. The summed E-state index contributed by atoms with van der Waals surface area (Å²) in [4.78, 5) is 0. The number of hydrogen-bond acceptors (Lipinski definition) is 0. The third-order valence-electron chi connectivity index (χ3n) is 4.15. The molecule has 0 amide bonds. The van der Waals surface area contributed by atoms with Gasteiger partial charge in [-0.3, -0.25) is 6.08 Å². The quantitative estimate of drug-likeness (QED) is 0.402. The summed E-state index contributed by atoms with van der Waals surface area (Å²) in [6.07, 6.45) is 6.57. The van der Waals surface area contributed by atoms with Crippen molar-refractivity contribution in [1.82, 2.24) is 0 Å². The minimum absolute atomic E-state index is 0. The molecule has 0 aliphatic heterocycles. The second-order valence-corrected chi connectivity index (χ2v) is 5.80. The van der Waals surface area contributed by atoms with E-state index in [0.717, 1.165) is 6.42 Å². The summed E-state index contributed by atoms with van der Waals surface area (Å²) >= 11 is 1.30. The SMILES string of the molecule is CC1=[C-]C(C)C=C1C.[CH2]=[Zr+2].[Cl-].[Cl-].[c-]1cccc2c1Cc1ccccc1-2. The van der Waals surface area contributed by atoms with Gasteiger partial charge in [0, 0.05) is 0 Å². The van der Waals surface area contributed by atoms with Gasteiger partial charge >= 0.3 is 28.4 Å². The predicted molar refractivity (Wildman–Crippen MR) is 96.0 cm³/mol. The molecular weight excluding hydrogens is 426 g/mol. The van der Waals surface area contributed by atoms with Crippen molar-refractivity contribution in [2.24, 2.45) is 5.92 Å². The third kappa shape index (κ3) is 6.17. The molecule has 0 N–H and O–H groups in total. The fraction of sp³-hybridized carbons (Fsp3) is 0.227. The molecule has 0 bridgehead atoms. The Bertz CT molecular complexity index is 686. The van der Waals surface area contributed by atoms with Gasteiger partial charge < -0.3 is 24.8 Å². The van der Waals surface area contributed by atoms with Crippen LogP contribution in [0, 0.1) is 18.1 Å². The van der Waals surface area contributed by atoms with E-state index in [1.807, 2.05) is 6.07 Å². The van der Waals surface area contributed by atoms with E-state index in [0.29, 0.717) is 5.92 Å². The molecule has 0 aromatic heterocycles. The van der Waals surface area contributed by atoms with Crippen LogP contribution in [0.1, 0.15) is 31.9 Å². The molecule has 1 unspecified atom stereocenters. The summed E-state index contributed by atoms with van der Waals surface area (Å²) in [6.45, 7) is 6.39. The average molecular weight is 449 g/mol. The molecule has 130 valence electrons. The van der Waals surface area contributed by atoms with Crippen molar-refractivity contribution in [3.05, 3.63) is 83.0 Å². The summed E-state index contributed by atoms with van der Waals surface area (Å²) < 4.78 is 3.34. The Morgan fingerprint density at radius 1 is 1.00 bits per heavy atom. The maximum absolute atomic E-state index is 3.34. The van der Waals surface area contributed by atoms with Crippen LogP contribution < -0.4 is 24.8 Å². The summed E-state index contributed by atoms with van der Waals surface area (Å²) in [6, 6.07) is 18.1. The maximum Gasteiger partial charge on any atom is -0.0253 e. The smallest absolute Gasteiger partial charge is 0.0253 e. The number of hydrogen-bond donors (Lipinski definition) is 0. The molecule has 4 rings (SSSR count). The van der Waals surface area contributed by atoms with Crippen molar-refractivity contribution < 1.29 is 49.0 Å². The second-order valence-electron chi connectivity index (χ2n) is 5.80. The molecule has 0 heterocycles. The van der Waals surface area contributed by atoms with E-state index in [1.54, 1.807) is 0 Å². The van der Waals surface area contributed by atoms with Gasteiger partial charge in [-0.1, -0.05) is 55.2 Å². The molecule has 3 heteroatoms. The fourth-order valence-corrected chi connectivity index (χ4v) is 2.99. The molecule has 2 aromatic rings. The van der Waals surface area contributed by atoms with Gasteiger partial charge in [0.25, 0.3) is 0 Å². The zero-order chi connectivity index (χ0) is 16.8. The summed E-state index contributed by atoms with van der Waals surface area (Å²) in [5.74, 6) is 0.551. The summed E-state index contributed by atoms with van der Waals surface area (Å²) in [5, 5.41) is 0. The van der Waals surface area contributed by atoms with E-state index >= 15 is 0 Å². The largest absolute Gasteiger partial charge is 1.00 e. The summed E-state index contributed by atoms with van der Waals surface area (Å²) in [5.41, 5.74) is 8.21. The average Bonchev–Trinajstić information content (AvgIpc) is 3.09. The molecule has 0 nitrogen and oxygen atoms in total. The zero-order valence-corrected chi connectivity index (χ0v) is 18.8. The van der Waals surface area contributed by atoms with Crippen LogP contribution in [0.4, 0.5) is 0 Å². The van der Waals surface area contributed by atoms with Gasteiger partial charge in [-0.2, -0.15) is 35.9 Å². The van der Waals surface area contributed by atoms with Crippen LogP contribution in [-0.4, -0.2) is 4.21 Å². The van der Waals surface area contributed by atoms with Crippen molar-refractivity contribution in [2.75, 3.05) is 0 Å². The van der Waals surface area contributed by atoms with E-state index in [9.17, 15) is 0 Å². The van der Waals surface area contributed by atoms with Crippen LogP contribution in [-0.2, 0) is 30.7 Å². The maximum atomic E-state index is 3.34. The Hall–Kier alpha value is -0.747. The standard InChI is InChI=1S/C13H9.C8H11.CH2.2ClH.Zr/c1-3-7-12-10(5-1)9-11-6-2-4-8-13(11)12;1-6-4-7(2)8(3)5-6;;;;/h1-5,7-8H,9H2;4,6H,1-3H3;1H2;2*1H;/q2*-1;;;;+2/p-2. The van der Waals surface area contributed by atoms with Gasteiger partial charge in [-0.15, -0.1) is 12.5 Å². The number of allylic oxidation sites excluding steroid dienone is 4. The topological polar surface area (TPSA) is 0 Å². The van der Waals surface area contributed by atoms with Crippen LogP contribution in [0.2, 0.25) is 0 Å². The van der Waals surface area contributed by atoms with Crippen LogP contribution in [0.5, 0.6) is 0 Å². The Kier molecular flexibility index (Phi) is 11.4. The Morgan fingerprint density at radius 2 is 1.64 bits per heavy atom. The molecule has 2 aliphatic carbocycles. The van der Waals surface area contributed by atoms with Crippen molar-refractivity contribution in [3.8, 4) is 11.1 Å². The van der Waals surface area contributed by atoms with Crippen molar-refractivity contribution in [3.63, 3.8) is 0 Å². The molecule has 0 radical (unpaired) electrons. The van der Waals surface area contributed by atoms with Gasteiger partial charge in [0.2, 0.25) is 0 Å². The number of fused-ring (bicyclic) bond motifs is 3. The number of benzene rings is 2. The molecule has 2 aromatic carbocycles. The number of halogens is 2. The Labute approximate surface area is 179 Å². The molecule has 2 aliphatic rings. The Balaban J connectivity index is 0.000000423.